The summed E-state index contributed by atoms with van der Waals surface area (Å²) >= 11 is 9.70. The maximum absolute atomic E-state index is 13.0. The molecule has 4 heterocycles. The van der Waals surface area contributed by atoms with Gasteiger partial charge in [-0.3, -0.25) is 9.88 Å². The highest BCUT2D eigenvalue weighted by Gasteiger charge is 2.36. The van der Waals surface area contributed by atoms with Crippen LogP contribution in [0.4, 0.5) is 16.2 Å². The second-order valence-corrected chi connectivity index (χ2v) is 7.96. The standard InChI is InChI=1S/C17H15BrClN7O2/c1-17(2)9-25(13-8-20-7-11(18)14(13)28-17)16(27)24-10-5-12(19)15(21-6-10)26-22-3-4-23-26/h3-8H,9H2,1-2H3,(H,24,27). The Kier molecular flexibility index (Phi) is 4.68. The van der Waals surface area contributed by atoms with Crippen molar-refractivity contribution in [3.8, 4) is 11.6 Å². The first-order valence-electron chi connectivity index (χ1n) is 8.27. The van der Waals surface area contributed by atoms with Gasteiger partial charge in [0.1, 0.15) is 11.3 Å². The molecule has 1 aliphatic rings. The maximum atomic E-state index is 13.0. The second kappa shape index (κ2) is 7.02. The third-order valence-electron chi connectivity index (χ3n) is 3.97. The van der Waals surface area contributed by atoms with Crippen LogP contribution >= 0.6 is 27.5 Å². The van der Waals surface area contributed by atoms with Gasteiger partial charge < -0.3 is 10.1 Å². The number of rotatable bonds is 2. The molecule has 3 aromatic rings. The number of fused-ring (bicyclic) bond motifs is 1. The molecule has 0 unspecified atom stereocenters. The van der Waals surface area contributed by atoms with Gasteiger partial charge in [0.15, 0.2) is 11.6 Å². The molecule has 1 N–H and O–H groups in total. The Morgan fingerprint density at radius 2 is 2.04 bits per heavy atom. The van der Waals surface area contributed by atoms with Crippen LogP contribution in [0.1, 0.15) is 13.8 Å². The molecule has 0 bridgehead atoms. The van der Waals surface area contributed by atoms with Crippen molar-refractivity contribution in [1.82, 2.24) is 25.0 Å². The number of aromatic nitrogens is 5. The van der Waals surface area contributed by atoms with Gasteiger partial charge in [0, 0.05) is 6.20 Å². The summed E-state index contributed by atoms with van der Waals surface area (Å²) in [5, 5.41) is 11.1. The maximum Gasteiger partial charge on any atom is 0.326 e. The first-order valence-corrected chi connectivity index (χ1v) is 9.44. The van der Waals surface area contributed by atoms with Gasteiger partial charge in [0.2, 0.25) is 0 Å². The minimum Gasteiger partial charge on any atom is -0.482 e. The second-order valence-electron chi connectivity index (χ2n) is 6.70. The van der Waals surface area contributed by atoms with Crippen molar-refractivity contribution in [3.63, 3.8) is 0 Å². The molecule has 0 aromatic carbocycles. The van der Waals surface area contributed by atoms with Gasteiger partial charge in [-0.1, -0.05) is 11.6 Å². The van der Waals surface area contributed by atoms with Crippen LogP contribution in [-0.2, 0) is 0 Å². The fraction of sp³-hybridized carbons (Fsp3) is 0.235. The summed E-state index contributed by atoms with van der Waals surface area (Å²) in [6.07, 6.45) is 7.76. The van der Waals surface area contributed by atoms with Crippen LogP contribution in [-0.4, -0.2) is 43.1 Å². The molecule has 0 saturated carbocycles. The molecule has 0 radical (unpaired) electrons. The first-order chi connectivity index (χ1) is 13.3. The summed E-state index contributed by atoms with van der Waals surface area (Å²) in [7, 11) is 0. The van der Waals surface area contributed by atoms with Gasteiger partial charge in [-0.05, 0) is 35.8 Å². The van der Waals surface area contributed by atoms with Crippen molar-refractivity contribution in [2.24, 2.45) is 0 Å². The number of urea groups is 1. The van der Waals surface area contributed by atoms with E-state index in [1.165, 1.54) is 23.4 Å². The SMILES string of the molecule is CC1(C)CN(C(=O)Nc2cnc(-n3nccn3)c(Cl)c2)c2cncc(Br)c2O1. The summed E-state index contributed by atoms with van der Waals surface area (Å²) in [6.45, 7) is 4.17. The lowest BCUT2D eigenvalue weighted by Gasteiger charge is -2.39. The van der Waals surface area contributed by atoms with E-state index in [1.807, 2.05) is 13.8 Å². The molecule has 3 aromatic heterocycles. The number of carbonyl (C=O) groups excluding carboxylic acids is 1. The lowest BCUT2D eigenvalue weighted by atomic mass is 10.1. The largest absolute Gasteiger partial charge is 0.482 e. The number of nitrogens with one attached hydrogen (secondary N) is 1. The molecule has 28 heavy (non-hydrogen) atoms. The number of hydrogen-bond donors (Lipinski definition) is 1. The number of ether oxygens (including phenoxy) is 1. The molecule has 2 amide bonds. The average Bonchev–Trinajstić information content (AvgIpc) is 3.16. The number of hydrogen-bond acceptors (Lipinski definition) is 6. The van der Waals surface area contributed by atoms with Crippen molar-refractivity contribution in [3.05, 3.63) is 46.5 Å². The molecule has 1 aliphatic heterocycles. The zero-order valence-corrected chi connectivity index (χ0v) is 17.3. The van der Waals surface area contributed by atoms with E-state index in [9.17, 15) is 4.79 Å². The number of anilines is 2. The Balaban J connectivity index is 1.61. The number of carbonyl (C=O) groups is 1. The van der Waals surface area contributed by atoms with Crippen LogP contribution in [0.2, 0.25) is 5.02 Å². The topological polar surface area (TPSA) is 98.1 Å². The van der Waals surface area contributed by atoms with Crippen LogP contribution in [0.3, 0.4) is 0 Å². The van der Waals surface area contributed by atoms with Crippen LogP contribution in [0.25, 0.3) is 5.82 Å². The summed E-state index contributed by atoms with van der Waals surface area (Å²) in [4.78, 5) is 24.2. The van der Waals surface area contributed by atoms with Crippen LogP contribution < -0.4 is 15.0 Å². The zero-order valence-electron chi connectivity index (χ0n) is 14.9. The monoisotopic (exact) mass is 463 g/mol. The molecule has 0 atom stereocenters. The van der Waals surface area contributed by atoms with E-state index in [0.29, 0.717) is 39.0 Å². The summed E-state index contributed by atoms with van der Waals surface area (Å²) < 4.78 is 6.68. The van der Waals surface area contributed by atoms with Gasteiger partial charge in [0.05, 0.1) is 46.5 Å². The number of nitrogens with zero attached hydrogens (tertiary/aromatic N) is 6. The third-order valence-corrected chi connectivity index (χ3v) is 4.81. The molecule has 0 fully saturated rings. The minimum atomic E-state index is -0.570. The molecular formula is C17H15BrClN7O2. The molecule has 0 saturated heterocycles. The summed E-state index contributed by atoms with van der Waals surface area (Å²) in [6, 6.07) is 1.25. The summed E-state index contributed by atoms with van der Waals surface area (Å²) in [5.74, 6) is 0.938. The lowest BCUT2D eigenvalue weighted by molar-refractivity contribution is 0.106. The fourth-order valence-electron chi connectivity index (χ4n) is 2.82. The molecule has 0 aliphatic carbocycles. The number of amides is 2. The Bertz CT molecular complexity index is 1040. The highest BCUT2D eigenvalue weighted by molar-refractivity contribution is 9.10. The molecule has 9 nitrogen and oxygen atoms in total. The van der Waals surface area contributed by atoms with E-state index >= 15 is 0 Å². The van der Waals surface area contributed by atoms with Crippen LogP contribution in [0.15, 0.2) is 41.5 Å². The molecule has 144 valence electrons. The normalized spacial score (nSPS) is 14.9. The minimum absolute atomic E-state index is 0.307. The van der Waals surface area contributed by atoms with Crippen molar-refractivity contribution in [2.45, 2.75) is 19.4 Å². The Labute approximate surface area is 173 Å². The number of pyridine rings is 2. The van der Waals surface area contributed by atoms with Crippen molar-refractivity contribution in [2.75, 3.05) is 16.8 Å². The van der Waals surface area contributed by atoms with Gasteiger partial charge in [-0.15, -0.1) is 4.80 Å². The van der Waals surface area contributed by atoms with Crippen molar-refractivity contribution >= 4 is 44.9 Å². The highest BCUT2D eigenvalue weighted by atomic mass is 79.9. The van der Waals surface area contributed by atoms with Crippen LogP contribution in [0.5, 0.6) is 5.75 Å². The summed E-state index contributed by atoms with van der Waals surface area (Å²) in [5.41, 5.74) is 0.446. The predicted octanol–water partition coefficient (Wildman–Crippen LogP) is 3.68. The Morgan fingerprint density at radius 3 is 2.75 bits per heavy atom. The molecular weight excluding hydrogens is 450 g/mol. The zero-order chi connectivity index (χ0) is 19.9. The van der Waals surface area contributed by atoms with Gasteiger partial charge in [-0.2, -0.15) is 10.2 Å². The van der Waals surface area contributed by atoms with Gasteiger partial charge in [-0.25, -0.2) is 9.78 Å². The van der Waals surface area contributed by atoms with E-state index in [0.717, 1.165) is 0 Å². The molecule has 11 heteroatoms. The highest BCUT2D eigenvalue weighted by Crippen LogP contribution is 2.41. The smallest absolute Gasteiger partial charge is 0.326 e. The van der Waals surface area contributed by atoms with Crippen molar-refractivity contribution < 1.29 is 9.53 Å². The van der Waals surface area contributed by atoms with Crippen molar-refractivity contribution in [1.29, 1.82) is 0 Å². The van der Waals surface area contributed by atoms with E-state index in [1.54, 1.807) is 23.4 Å². The fourth-order valence-corrected chi connectivity index (χ4v) is 3.47. The van der Waals surface area contributed by atoms with E-state index in [-0.39, 0.29) is 6.03 Å². The Morgan fingerprint density at radius 1 is 1.29 bits per heavy atom. The average molecular weight is 465 g/mol. The van der Waals surface area contributed by atoms with Gasteiger partial charge >= 0.3 is 6.03 Å². The molecule has 0 spiro atoms. The lowest BCUT2D eigenvalue weighted by Crippen LogP contribution is -2.50. The quantitative estimate of drug-likeness (QED) is 0.621. The Hall–Kier alpha value is -2.72. The van der Waals surface area contributed by atoms with E-state index < -0.39 is 5.60 Å². The van der Waals surface area contributed by atoms with E-state index in [4.69, 9.17) is 16.3 Å². The third kappa shape index (κ3) is 3.52. The van der Waals surface area contributed by atoms with E-state index in [2.05, 4.69) is 41.4 Å². The first kappa shape index (κ1) is 18.6. The molecule has 4 rings (SSSR count). The van der Waals surface area contributed by atoms with Gasteiger partial charge in [0.25, 0.3) is 0 Å². The predicted molar refractivity (Wildman–Crippen MR) is 107 cm³/mol. The number of halogens is 2. The van der Waals surface area contributed by atoms with Crippen LogP contribution in [0, 0.1) is 0 Å².